The Labute approximate surface area is 147 Å². The molecule has 2 atom stereocenters. The van der Waals surface area contributed by atoms with Crippen molar-refractivity contribution in [2.75, 3.05) is 6.54 Å². The van der Waals surface area contributed by atoms with Crippen LogP contribution in [0.1, 0.15) is 35.1 Å². The summed E-state index contributed by atoms with van der Waals surface area (Å²) in [7, 11) is 0. The summed E-state index contributed by atoms with van der Waals surface area (Å²) in [6.07, 6.45) is 3.62. The van der Waals surface area contributed by atoms with E-state index in [1.165, 1.54) is 4.90 Å². The first-order chi connectivity index (χ1) is 12.5. The molecule has 0 aromatic carbocycles. The van der Waals surface area contributed by atoms with E-state index in [9.17, 15) is 13.6 Å². The van der Waals surface area contributed by atoms with E-state index in [0.717, 1.165) is 16.8 Å². The molecule has 8 heteroatoms. The Bertz CT molecular complexity index is 1020. The van der Waals surface area contributed by atoms with E-state index in [4.69, 9.17) is 0 Å². The van der Waals surface area contributed by atoms with Gasteiger partial charge < -0.3 is 9.88 Å². The van der Waals surface area contributed by atoms with Crippen LogP contribution < -0.4 is 0 Å². The zero-order valence-corrected chi connectivity index (χ0v) is 14.1. The van der Waals surface area contributed by atoms with Crippen LogP contribution in [0.25, 0.3) is 5.52 Å². The molecule has 0 bridgehead atoms. The van der Waals surface area contributed by atoms with Crippen molar-refractivity contribution < 1.29 is 13.6 Å². The van der Waals surface area contributed by atoms with Crippen LogP contribution in [0.15, 0.2) is 30.7 Å². The minimum atomic E-state index is -2.89. The van der Waals surface area contributed by atoms with Crippen LogP contribution in [0.4, 0.5) is 8.78 Å². The number of alkyl halides is 2. The van der Waals surface area contributed by atoms with Gasteiger partial charge in [0, 0.05) is 31.3 Å². The second kappa shape index (κ2) is 5.12. The Kier molecular flexibility index (Phi) is 3.05. The zero-order valence-electron chi connectivity index (χ0n) is 14.1. The minimum absolute atomic E-state index is 0.368. The number of aromatic amines is 1. The summed E-state index contributed by atoms with van der Waals surface area (Å²) in [5.41, 5.74) is 4.24. The normalized spacial score (nSPS) is 23.9. The monoisotopic (exact) mass is 357 g/mol. The van der Waals surface area contributed by atoms with Crippen LogP contribution in [-0.4, -0.2) is 42.9 Å². The Morgan fingerprint density at radius 3 is 2.96 bits per heavy atom. The van der Waals surface area contributed by atoms with E-state index in [2.05, 4.69) is 15.1 Å². The Balaban J connectivity index is 1.61. The molecule has 1 amide bonds. The maximum absolute atomic E-state index is 13.5. The molecule has 6 nitrogen and oxygen atoms in total. The van der Waals surface area contributed by atoms with Crippen LogP contribution in [0.5, 0.6) is 0 Å². The number of nitrogens with one attached hydrogen (secondary N) is 1. The fraction of sp³-hybridized carbons (Fsp3) is 0.389. The predicted octanol–water partition coefficient (Wildman–Crippen LogP) is 2.50. The highest BCUT2D eigenvalue weighted by molar-refractivity contribution is 5.84. The van der Waals surface area contributed by atoms with Crippen LogP contribution in [0, 0.1) is 12.8 Å². The molecule has 1 fully saturated rings. The second-order valence-corrected chi connectivity index (χ2v) is 7.06. The van der Waals surface area contributed by atoms with Crippen LogP contribution in [-0.2, 0) is 11.2 Å². The van der Waals surface area contributed by atoms with E-state index < -0.39 is 23.8 Å². The van der Waals surface area contributed by atoms with Gasteiger partial charge in [0.15, 0.2) is 0 Å². The molecule has 0 spiro atoms. The summed E-state index contributed by atoms with van der Waals surface area (Å²) in [5, 5.41) is 4.61. The molecular formula is C18H17F2N5O. The lowest BCUT2D eigenvalue weighted by Crippen LogP contribution is -2.42. The number of fused-ring (bicyclic) bond motifs is 2. The van der Waals surface area contributed by atoms with Gasteiger partial charge in [-0.05, 0) is 24.6 Å². The van der Waals surface area contributed by atoms with E-state index >= 15 is 0 Å². The number of carbonyl (C=O) groups excluding carboxylic acids is 1. The largest absolute Gasteiger partial charge is 0.348 e. The summed E-state index contributed by atoms with van der Waals surface area (Å²) >= 11 is 0. The predicted molar refractivity (Wildman–Crippen MR) is 88.8 cm³/mol. The van der Waals surface area contributed by atoms with Crippen molar-refractivity contribution in [1.82, 2.24) is 24.5 Å². The first-order valence-corrected chi connectivity index (χ1v) is 8.61. The van der Waals surface area contributed by atoms with Crippen LogP contribution in [0.2, 0.25) is 0 Å². The number of halogens is 2. The quantitative estimate of drug-likeness (QED) is 0.766. The molecule has 0 unspecified atom stereocenters. The van der Waals surface area contributed by atoms with Gasteiger partial charge in [0.1, 0.15) is 12.0 Å². The minimum Gasteiger partial charge on any atom is -0.348 e. The Morgan fingerprint density at radius 1 is 1.42 bits per heavy atom. The highest BCUT2D eigenvalue weighted by Gasteiger charge is 2.63. The number of nitrogens with zero attached hydrogens (tertiary/aromatic N) is 4. The lowest BCUT2D eigenvalue weighted by Gasteiger charge is -2.34. The topological polar surface area (TPSA) is 66.3 Å². The lowest BCUT2D eigenvalue weighted by atomic mass is 9.99. The van der Waals surface area contributed by atoms with Crippen molar-refractivity contribution >= 4 is 11.4 Å². The van der Waals surface area contributed by atoms with Crippen molar-refractivity contribution in [1.29, 1.82) is 0 Å². The highest BCUT2D eigenvalue weighted by Crippen LogP contribution is 2.51. The fourth-order valence-electron chi connectivity index (χ4n) is 3.80. The number of aryl methyl sites for hydroxylation is 1. The van der Waals surface area contributed by atoms with Gasteiger partial charge in [-0.25, -0.2) is 18.3 Å². The number of hydrogen-bond donors (Lipinski definition) is 1. The third kappa shape index (κ3) is 2.17. The Morgan fingerprint density at radius 2 is 2.23 bits per heavy atom. The zero-order chi connectivity index (χ0) is 18.1. The number of pyridine rings is 1. The molecule has 3 aromatic rings. The summed E-state index contributed by atoms with van der Waals surface area (Å²) < 4.78 is 28.7. The fourth-order valence-corrected chi connectivity index (χ4v) is 3.80. The molecule has 1 N–H and O–H groups in total. The van der Waals surface area contributed by atoms with E-state index in [1.807, 2.05) is 31.3 Å². The lowest BCUT2D eigenvalue weighted by molar-refractivity contribution is -0.137. The summed E-state index contributed by atoms with van der Waals surface area (Å²) in [5.74, 6) is -4.62. The summed E-state index contributed by atoms with van der Waals surface area (Å²) in [4.78, 5) is 21.7. The van der Waals surface area contributed by atoms with E-state index in [0.29, 0.717) is 24.4 Å². The molecule has 26 heavy (non-hydrogen) atoms. The van der Waals surface area contributed by atoms with Gasteiger partial charge in [0.25, 0.3) is 5.92 Å². The summed E-state index contributed by atoms with van der Waals surface area (Å²) in [6.45, 7) is 2.35. The average Bonchev–Trinajstić information content (AvgIpc) is 2.99. The van der Waals surface area contributed by atoms with Gasteiger partial charge in [-0.3, -0.25) is 4.79 Å². The van der Waals surface area contributed by atoms with Gasteiger partial charge in [-0.15, -0.1) is 0 Å². The molecule has 3 aromatic heterocycles. The molecular weight excluding hydrogens is 340 g/mol. The van der Waals surface area contributed by atoms with Crippen LogP contribution in [0.3, 0.4) is 0 Å². The van der Waals surface area contributed by atoms with Crippen molar-refractivity contribution in [3.8, 4) is 0 Å². The molecule has 5 rings (SSSR count). The number of carbonyl (C=O) groups is 1. The van der Waals surface area contributed by atoms with Crippen LogP contribution >= 0.6 is 0 Å². The first kappa shape index (κ1) is 15.5. The van der Waals surface area contributed by atoms with Gasteiger partial charge in [0.05, 0.1) is 23.2 Å². The molecule has 0 saturated heterocycles. The number of imidazole rings is 1. The van der Waals surface area contributed by atoms with Crippen molar-refractivity contribution in [3.63, 3.8) is 0 Å². The maximum atomic E-state index is 13.5. The number of hydrogen-bond acceptors (Lipinski definition) is 3. The third-order valence-corrected chi connectivity index (χ3v) is 5.34. The average molecular weight is 357 g/mol. The number of rotatable bonds is 2. The van der Waals surface area contributed by atoms with Gasteiger partial charge in [-0.2, -0.15) is 5.10 Å². The molecule has 1 aliphatic carbocycles. The third-order valence-electron chi connectivity index (χ3n) is 5.34. The second-order valence-electron chi connectivity index (χ2n) is 7.06. The number of amides is 1. The van der Waals surface area contributed by atoms with Gasteiger partial charge in [0.2, 0.25) is 5.91 Å². The Hall–Kier alpha value is -2.77. The SMILES string of the molecule is Cc1cccn2nc([C@H]3c4nc[nH]c4CCN3C(=O)[C@@H]3CC3(F)F)cc12. The number of aromatic nitrogens is 4. The molecule has 0 radical (unpaired) electrons. The smallest absolute Gasteiger partial charge is 0.260 e. The van der Waals surface area contributed by atoms with Gasteiger partial charge in [-0.1, -0.05) is 6.07 Å². The van der Waals surface area contributed by atoms with Gasteiger partial charge >= 0.3 is 0 Å². The molecule has 134 valence electrons. The van der Waals surface area contributed by atoms with E-state index in [1.54, 1.807) is 10.8 Å². The van der Waals surface area contributed by atoms with Crippen molar-refractivity contribution in [2.45, 2.75) is 31.7 Å². The molecule has 4 heterocycles. The summed E-state index contributed by atoms with van der Waals surface area (Å²) in [6, 6.07) is 5.24. The van der Waals surface area contributed by atoms with Crippen molar-refractivity contribution in [3.05, 3.63) is 53.4 Å². The van der Waals surface area contributed by atoms with E-state index in [-0.39, 0.29) is 6.42 Å². The first-order valence-electron chi connectivity index (χ1n) is 8.61. The maximum Gasteiger partial charge on any atom is 0.260 e. The molecule has 1 aliphatic heterocycles. The molecule has 1 saturated carbocycles. The highest BCUT2D eigenvalue weighted by atomic mass is 19.3. The van der Waals surface area contributed by atoms with Crippen molar-refractivity contribution in [2.24, 2.45) is 5.92 Å². The number of H-pyrrole nitrogens is 1. The molecule has 2 aliphatic rings. The standard InChI is InChI=1S/C18H17F2N5O/c1-10-3-2-5-25-14(10)7-13(23-25)16-15-12(21-9-22-15)4-6-24(16)17(26)11-8-18(11,19)20/h2-3,5,7,9,11,16H,4,6,8H2,1H3,(H,21,22)/t11-,16-/m0/s1.